The lowest BCUT2D eigenvalue weighted by Crippen LogP contribution is -2.23. The Morgan fingerprint density at radius 2 is 2.24 bits per heavy atom. The lowest BCUT2D eigenvalue weighted by atomic mass is 10.1. The summed E-state index contributed by atoms with van der Waals surface area (Å²) in [5.41, 5.74) is 2.26. The van der Waals surface area contributed by atoms with Crippen LogP contribution < -0.4 is 5.32 Å². The Kier molecular flexibility index (Phi) is 2.69. The van der Waals surface area contributed by atoms with Gasteiger partial charge < -0.3 is 10.2 Å². The second kappa shape index (κ2) is 4.34. The number of rotatable bonds is 2. The predicted molar refractivity (Wildman–Crippen MR) is 71.3 cm³/mol. The first-order valence-corrected chi connectivity index (χ1v) is 6.12. The fourth-order valence-corrected chi connectivity index (χ4v) is 2.50. The van der Waals surface area contributed by atoms with Gasteiger partial charge in [-0.05, 0) is 44.3 Å². The van der Waals surface area contributed by atoms with E-state index in [0.29, 0.717) is 6.04 Å². The highest BCUT2D eigenvalue weighted by Crippen LogP contribution is 2.23. The molecule has 0 aliphatic carbocycles. The summed E-state index contributed by atoms with van der Waals surface area (Å²) in [6.07, 6.45) is 3.06. The summed E-state index contributed by atoms with van der Waals surface area (Å²) in [5.74, 6) is 0. The summed E-state index contributed by atoms with van der Waals surface area (Å²) < 4.78 is 0. The molecule has 3 heteroatoms. The minimum Gasteiger partial charge on any atom is -0.380 e. The van der Waals surface area contributed by atoms with Crippen LogP contribution in [0.1, 0.15) is 6.42 Å². The number of hydrogen-bond donors (Lipinski definition) is 1. The third-order valence-electron chi connectivity index (χ3n) is 3.40. The maximum atomic E-state index is 4.38. The summed E-state index contributed by atoms with van der Waals surface area (Å²) in [6, 6.07) is 10.9. The van der Waals surface area contributed by atoms with Crippen LogP contribution >= 0.6 is 0 Å². The molecule has 88 valence electrons. The fourth-order valence-electron chi connectivity index (χ4n) is 2.50. The zero-order valence-electron chi connectivity index (χ0n) is 10.1. The Balaban J connectivity index is 1.90. The Bertz CT molecular complexity index is 518. The van der Waals surface area contributed by atoms with Crippen LogP contribution in [0.5, 0.6) is 0 Å². The van der Waals surface area contributed by atoms with E-state index in [2.05, 4.69) is 46.5 Å². The van der Waals surface area contributed by atoms with Crippen molar-refractivity contribution in [3.8, 4) is 0 Å². The third kappa shape index (κ3) is 2.11. The normalized spacial score (nSPS) is 20.9. The molecule has 0 amide bonds. The molecule has 1 fully saturated rings. The number of anilines is 1. The van der Waals surface area contributed by atoms with Gasteiger partial charge >= 0.3 is 0 Å². The quantitative estimate of drug-likeness (QED) is 0.853. The smallest absolute Gasteiger partial charge is 0.0722 e. The molecule has 1 unspecified atom stereocenters. The number of pyridine rings is 1. The third-order valence-corrected chi connectivity index (χ3v) is 3.40. The van der Waals surface area contributed by atoms with Crippen molar-refractivity contribution in [2.45, 2.75) is 12.5 Å². The second-order valence-electron chi connectivity index (χ2n) is 4.77. The first kappa shape index (κ1) is 10.5. The van der Waals surface area contributed by atoms with Crippen molar-refractivity contribution in [1.82, 2.24) is 9.88 Å². The van der Waals surface area contributed by atoms with Crippen LogP contribution in [0.25, 0.3) is 10.9 Å². The maximum Gasteiger partial charge on any atom is 0.0722 e. The molecule has 0 saturated carbocycles. The van der Waals surface area contributed by atoms with E-state index in [0.717, 1.165) is 12.1 Å². The number of nitrogens with zero attached hydrogens (tertiary/aromatic N) is 2. The molecule has 2 aromatic rings. The van der Waals surface area contributed by atoms with Crippen molar-refractivity contribution in [3.63, 3.8) is 0 Å². The van der Waals surface area contributed by atoms with Gasteiger partial charge in [-0.1, -0.05) is 6.07 Å². The van der Waals surface area contributed by atoms with Crippen LogP contribution in [0.2, 0.25) is 0 Å². The zero-order valence-corrected chi connectivity index (χ0v) is 10.1. The van der Waals surface area contributed by atoms with Gasteiger partial charge in [-0.15, -0.1) is 0 Å². The van der Waals surface area contributed by atoms with E-state index in [1.54, 1.807) is 0 Å². The molecule has 1 atom stereocenters. The van der Waals surface area contributed by atoms with Crippen molar-refractivity contribution < 1.29 is 0 Å². The van der Waals surface area contributed by atoms with E-state index in [-0.39, 0.29) is 0 Å². The number of likely N-dealkylation sites (tertiary alicyclic amines) is 1. The molecule has 1 aliphatic rings. The monoisotopic (exact) mass is 227 g/mol. The van der Waals surface area contributed by atoms with Gasteiger partial charge in [0.25, 0.3) is 0 Å². The fraction of sp³-hybridized carbons (Fsp3) is 0.357. The minimum absolute atomic E-state index is 0.561. The van der Waals surface area contributed by atoms with Gasteiger partial charge in [-0.2, -0.15) is 0 Å². The molecule has 1 saturated heterocycles. The summed E-state index contributed by atoms with van der Waals surface area (Å²) >= 11 is 0. The van der Waals surface area contributed by atoms with Crippen LogP contribution in [0.15, 0.2) is 36.5 Å². The molecular weight excluding hydrogens is 210 g/mol. The zero-order chi connectivity index (χ0) is 11.7. The number of nitrogens with one attached hydrogen (secondary N) is 1. The largest absolute Gasteiger partial charge is 0.380 e. The number of fused-ring (bicyclic) bond motifs is 1. The van der Waals surface area contributed by atoms with E-state index < -0.39 is 0 Å². The van der Waals surface area contributed by atoms with E-state index in [9.17, 15) is 0 Å². The van der Waals surface area contributed by atoms with Crippen LogP contribution in [-0.4, -0.2) is 36.1 Å². The Labute approximate surface area is 101 Å². The Morgan fingerprint density at radius 1 is 1.29 bits per heavy atom. The number of hydrogen-bond acceptors (Lipinski definition) is 3. The molecule has 2 heterocycles. The van der Waals surface area contributed by atoms with Crippen LogP contribution in [0.3, 0.4) is 0 Å². The average molecular weight is 227 g/mol. The molecule has 0 spiro atoms. The minimum atomic E-state index is 0.561. The highest BCUT2D eigenvalue weighted by molar-refractivity contribution is 5.91. The molecule has 0 radical (unpaired) electrons. The van der Waals surface area contributed by atoms with Crippen LogP contribution in [-0.2, 0) is 0 Å². The lowest BCUT2D eigenvalue weighted by Gasteiger charge is -2.15. The molecule has 1 N–H and O–H groups in total. The average Bonchev–Trinajstić information content (AvgIpc) is 2.75. The highest BCUT2D eigenvalue weighted by Gasteiger charge is 2.19. The summed E-state index contributed by atoms with van der Waals surface area (Å²) in [5, 5.41) is 4.85. The Morgan fingerprint density at radius 3 is 3.06 bits per heavy atom. The molecule has 17 heavy (non-hydrogen) atoms. The number of aromatic nitrogens is 1. The van der Waals surface area contributed by atoms with Gasteiger partial charge in [-0.25, -0.2) is 0 Å². The SMILES string of the molecule is CN1CCC(Nc2cccc3ncccc23)C1. The first-order chi connectivity index (χ1) is 8.33. The van der Waals surface area contributed by atoms with Crippen LogP contribution in [0.4, 0.5) is 5.69 Å². The van der Waals surface area contributed by atoms with Gasteiger partial charge in [0.1, 0.15) is 0 Å². The lowest BCUT2D eigenvalue weighted by molar-refractivity contribution is 0.414. The molecule has 0 bridgehead atoms. The van der Waals surface area contributed by atoms with Gasteiger partial charge in [0, 0.05) is 29.9 Å². The van der Waals surface area contributed by atoms with Crippen molar-refractivity contribution in [3.05, 3.63) is 36.5 Å². The highest BCUT2D eigenvalue weighted by atomic mass is 15.2. The van der Waals surface area contributed by atoms with E-state index in [1.807, 2.05) is 12.3 Å². The molecule has 3 rings (SSSR count). The maximum absolute atomic E-state index is 4.38. The standard InChI is InChI=1S/C14H17N3/c1-17-9-7-11(10-17)16-14-6-2-5-13-12(14)4-3-8-15-13/h2-6,8,11,16H,7,9-10H2,1H3. The second-order valence-corrected chi connectivity index (χ2v) is 4.77. The van der Waals surface area contributed by atoms with E-state index in [1.165, 1.54) is 24.0 Å². The van der Waals surface area contributed by atoms with Crippen molar-refractivity contribution in [2.24, 2.45) is 0 Å². The molecule has 1 aromatic carbocycles. The van der Waals surface area contributed by atoms with Gasteiger partial charge in [0.05, 0.1) is 5.52 Å². The molecule has 3 nitrogen and oxygen atoms in total. The van der Waals surface area contributed by atoms with Gasteiger partial charge in [0.15, 0.2) is 0 Å². The molecule has 1 aliphatic heterocycles. The first-order valence-electron chi connectivity index (χ1n) is 6.12. The topological polar surface area (TPSA) is 28.2 Å². The summed E-state index contributed by atoms with van der Waals surface area (Å²) in [7, 11) is 2.17. The van der Waals surface area contributed by atoms with Crippen molar-refractivity contribution >= 4 is 16.6 Å². The van der Waals surface area contributed by atoms with Gasteiger partial charge in [-0.3, -0.25) is 4.98 Å². The Hall–Kier alpha value is -1.61. The van der Waals surface area contributed by atoms with E-state index >= 15 is 0 Å². The predicted octanol–water partition coefficient (Wildman–Crippen LogP) is 2.35. The summed E-state index contributed by atoms with van der Waals surface area (Å²) in [4.78, 5) is 6.74. The summed E-state index contributed by atoms with van der Waals surface area (Å²) in [6.45, 7) is 2.30. The van der Waals surface area contributed by atoms with Crippen molar-refractivity contribution in [1.29, 1.82) is 0 Å². The van der Waals surface area contributed by atoms with Gasteiger partial charge in [0.2, 0.25) is 0 Å². The molecule has 1 aromatic heterocycles. The van der Waals surface area contributed by atoms with Crippen LogP contribution in [0, 0.1) is 0 Å². The molecular formula is C14H17N3. The van der Waals surface area contributed by atoms with Crippen molar-refractivity contribution in [2.75, 3.05) is 25.5 Å². The number of likely N-dealkylation sites (N-methyl/N-ethyl adjacent to an activating group) is 1. The van der Waals surface area contributed by atoms with E-state index in [4.69, 9.17) is 0 Å². The number of benzene rings is 1.